The van der Waals surface area contributed by atoms with Crippen LogP contribution in [-0.4, -0.2) is 94.9 Å². The van der Waals surface area contributed by atoms with Gasteiger partial charge in [-0.15, -0.1) is 0 Å². The molecule has 6 aromatic rings. The molecule has 3 heterocycles. The molecule has 0 spiro atoms. The Hall–Kier alpha value is -7.80. The Morgan fingerprint density at radius 1 is 0.365 bits per heavy atom. The molecular formula is C45H38O18. The van der Waals surface area contributed by atoms with Crippen molar-refractivity contribution in [2.24, 2.45) is 0 Å². The average Bonchev–Trinajstić information content (AvgIpc) is 3.22. The molecule has 0 fully saturated rings. The number of hydrogen-bond acceptors (Lipinski definition) is 18. The third kappa shape index (κ3) is 6.46. The van der Waals surface area contributed by atoms with Crippen LogP contribution in [-0.2, 0) is 6.42 Å². The highest BCUT2D eigenvalue weighted by molar-refractivity contribution is 5.70. The molecule has 63 heavy (non-hydrogen) atoms. The van der Waals surface area contributed by atoms with Gasteiger partial charge in [-0.3, -0.25) is 0 Å². The lowest BCUT2D eigenvalue weighted by Crippen LogP contribution is -2.39. The number of phenolic OH excluding ortho intramolecular Hbond substituents is 12. The lowest BCUT2D eigenvalue weighted by atomic mass is 9.73. The van der Waals surface area contributed by atoms with Crippen molar-refractivity contribution in [2.75, 3.05) is 0 Å². The van der Waals surface area contributed by atoms with Crippen LogP contribution in [0.3, 0.4) is 0 Å². The standard InChI is InChI=1S/C45H38O18/c46-18-10-27(54)33-32(11-18)61-42(16-2-5-21(48)25(52)8-16)39(59)37(33)35-29(56)14-30(57)36-38(40(60)43(63-45(35)36)17-3-6-22(49)26(53)9-17)34-28(55)13-23(50)19-12-31(58)41(62-44(19)34)15-1-4-20(47)24(51)7-15/h1-11,13-14,31,37-43,46-60H,12H2/t31-,37?,38?,39+,40+,41+,42+,43+/m0/s1. The molecule has 0 amide bonds. The molecule has 0 saturated heterocycles. The molecule has 8 atom stereocenters. The molecule has 0 aromatic heterocycles. The fourth-order valence-electron chi connectivity index (χ4n) is 8.94. The Labute approximate surface area is 354 Å². The number of rotatable bonds is 5. The van der Waals surface area contributed by atoms with E-state index < -0.39 is 123 Å². The van der Waals surface area contributed by atoms with Gasteiger partial charge in [-0.2, -0.15) is 0 Å². The molecule has 18 nitrogen and oxygen atoms in total. The molecule has 2 unspecified atom stereocenters. The zero-order chi connectivity index (χ0) is 44.9. The van der Waals surface area contributed by atoms with Crippen molar-refractivity contribution in [3.05, 3.63) is 123 Å². The number of benzene rings is 6. The van der Waals surface area contributed by atoms with Gasteiger partial charge in [0.1, 0.15) is 70.1 Å². The van der Waals surface area contributed by atoms with Crippen LogP contribution < -0.4 is 14.2 Å². The van der Waals surface area contributed by atoms with Gasteiger partial charge in [-0.05, 0) is 53.1 Å². The molecule has 0 saturated carbocycles. The highest BCUT2D eigenvalue weighted by Gasteiger charge is 2.51. The van der Waals surface area contributed by atoms with E-state index in [9.17, 15) is 76.6 Å². The first kappa shape index (κ1) is 40.6. The number of fused-ring (bicyclic) bond motifs is 3. The van der Waals surface area contributed by atoms with Crippen molar-refractivity contribution >= 4 is 0 Å². The van der Waals surface area contributed by atoms with Crippen molar-refractivity contribution in [3.8, 4) is 86.2 Å². The van der Waals surface area contributed by atoms with E-state index in [-0.39, 0.29) is 62.4 Å². The number of hydrogen-bond donors (Lipinski definition) is 15. The molecule has 3 aliphatic rings. The van der Waals surface area contributed by atoms with Crippen LogP contribution in [0, 0.1) is 0 Å². The van der Waals surface area contributed by atoms with Crippen LogP contribution in [0.1, 0.15) is 74.7 Å². The van der Waals surface area contributed by atoms with Gasteiger partial charge >= 0.3 is 0 Å². The minimum Gasteiger partial charge on any atom is -0.508 e. The molecule has 0 aliphatic carbocycles. The second kappa shape index (κ2) is 14.7. The van der Waals surface area contributed by atoms with Gasteiger partial charge in [0.15, 0.2) is 46.7 Å². The minimum absolute atomic E-state index is 0.0127. The first-order valence-electron chi connectivity index (χ1n) is 19.3. The Bertz CT molecular complexity index is 2840. The summed E-state index contributed by atoms with van der Waals surface area (Å²) in [6, 6.07) is 14.4. The van der Waals surface area contributed by atoms with Crippen LogP contribution in [0.2, 0.25) is 0 Å². The third-order valence-corrected chi connectivity index (χ3v) is 11.8. The van der Waals surface area contributed by atoms with Gasteiger partial charge < -0.3 is 90.8 Å². The first-order valence-corrected chi connectivity index (χ1v) is 19.3. The van der Waals surface area contributed by atoms with E-state index in [1.165, 1.54) is 18.2 Å². The molecule has 0 radical (unpaired) electrons. The van der Waals surface area contributed by atoms with E-state index in [1.807, 2.05) is 0 Å². The Morgan fingerprint density at radius 2 is 0.778 bits per heavy atom. The largest absolute Gasteiger partial charge is 0.508 e. The van der Waals surface area contributed by atoms with Gasteiger partial charge in [-0.25, -0.2) is 0 Å². The fraction of sp³-hybridized carbons (Fsp3) is 0.200. The van der Waals surface area contributed by atoms with Crippen LogP contribution in [0.15, 0.2) is 78.9 Å². The summed E-state index contributed by atoms with van der Waals surface area (Å²) in [7, 11) is 0. The Morgan fingerprint density at radius 3 is 1.29 bits per heavy atom. The first-order chi connectivity index (χ1) is 29.9. The molecular weight excluding hydrogens is 828 g/mol. The highest BCUT2D eigenvalue weighted by Crippen LogP contribution is 2.62. The van der Waals surface area contributed by atoms with E-state index >= 15 is 0 Å². The van der Waals surface area contributed by atoms with Gasteiger partial charge in [-0.1, -0.05) is 18.2 Å². The zero-order valence-electron chi connectivity index (χ0n) is 32.3. The van der Waals surface area contributed by atoms with E-state index in [0.29, 0.717) is 0 Å². The summed E-state index contributed by atoms with van der Waals surface area (Å²) in [5.41, 5.74) is -1.10. The smallest absolute Gasteiger partial charge is 0.157 e. The maximum atomic E-state index is 12.5. The van der Waals surface area contributed by atoms with Gasteiger partial charge in [0.25, 0.3) is 0 Å². The number of aromatic hydroxyl groups is 12. The molecule has 9 rings (SSSR count). The SMILES string of the molecule is Oc1cc(O)c2c(c1)O[C@H](c1ccc(O)c(O)c1)[C@H](O)C2c1c(O)cc(O)c2c1O[C@H](c1ccc(O)c(O)c1)[C@H](O)C2c1c(O)cc(O)c2c1O[C@H](c1ccc(O)c(O)c1)[C@@H](O)C2. The molecule has 6 aromatic carbocycles. The second-order valence-corrected chi connectivity index (χ2v) is 15.7. The van der Waals surface area contributed by atoms with Crippen molar-refractivity contribution in [1.29, 1.82) is 0 Å². The molecule has 326 valence electrons. The predicted molar refractivity (Wildman–Crippen MR) is 214 cm³/mol. The van der Waals surface area contributed by atoms with Gasteiger partial charge in [0.2, 0.25) is 0 Å². The van der Waals surface area contributed by atoms with E-state index in [1.54, 1.807) is 0 Å². The third-order valence-electron chi connectivity index (χ3n) is 11.8. The molecule has 15 N–H and O–H groups in total. The van der Waals surface area contributed by atoms with Crippen LogP contribution >= 0.6 is 0 Å². The number of aliphatic hydroxyl groups is 3. The summed E-state index contributed by atoms with van der Waals surface area (Å²) in [5, 5.41) is 166. The van der Waals surface area contributed by atoms with Crippen molar-refractivity contribution < 1.29 is 90.8 Å². The lowest BCUT2D eigenvalue weighted by Gasteiger charge is -2.43. The summed E-state index contributed by atoms with van der Waals surface area (Å²) in [6.07, 6.45) is -9.93. The van der Waals surface area contributed by atoms with E-state index in [4.69, 9.17) is 14.2 Å². The zero-order valence-corrected chi connectivity index (χ0v) is 32.3. The second-order valence-electron chi connectivity index (χ2n) is 15.7. The summed E-state index contributed by atoms with van der Waals surface area (Å²) >= 11 is 0. The predicted octanol–water partition coefficient (Wildman–Crippen LogP) is 4.44. The van der Waals surface area contributed by atoms with Gasteiger partial charge in [0, 0.05) is 58.5 Å². The van der Waals surface area contributed by atoms with Gasteiger partial charge in [0.05, 0.1) is 17.9 Å². The molecule has 18 heteroatoms. The maximum Gasteiger partial charge on any atom is 0.157 e. The van der Waals surface area contributed by atoms with Crippen LogP contribution in [0.5, 0.6) is 86.2 Å². The van der Waals surface area contributed by atoms with Crippen LogP contribution in [0.4, 0.5) is 0 Å². The monoisotopic (exact) mass is 866 g/mol. The van der Waals surface area contributed by atoms with Crippen LogP contribution in [0.25, 0.3) is 0 Å². The van der Waals surface area contributed by atoms with Crippen molar-refractivity contribution in [2.45, 2.75) is 54.9 Å². The minimum atomic E-state index is -1.90. The quantitative estimate of drug-likeness (QED) is 0.106. The average molecular weight is 867 g/mol. The topological polar surface area (TPSA) is 331 Å². The number of ether oxygens (including phenoxy) is 3. The summed E-state index contributed by atoms with van der Waals surface area (Å²) in [6.45, 7) is 0. The number of phenols is 12. The molecule has 0 bridgehead atoms. The summed E-state index contributed by atoms with van der Waals surface area (Å²) in [5.74, 6) is -11.5. The fourth-order valence-corrected chi connectivity index (χ4v) is 8.94. The van der Waals surface area contributed by atoms with Crippen molar-refractivity contribution in [3.63, 3.8) is 0 Å². The number of aliphatic hydroxyl groups excluding tert-OH is 3. The summed E-state index contributed by atoms with van der Waals surface area (Å²) < 4.78 is 18.9. The highest BCUT2D eigenvalue weighted by atomic mass is 16.5. The normalized spacial score (nSPS) is 23.6. The van der Waals surface area contributed by atoms with E-state index in [0.717, 1.165) is 60.7 Å². The lowest BCUT2D eigenvalue weighted by molar-refractivity contribution is -0.00562. The Balaban J connectivity index is 1.31. The Kier molecular flexibility index (Phi) is 9.46. The van der Waals surface area contributed by atoms with Crippen molar-refractivity contribution in [1.82, 2.24) is 0 Å². The molecule has 3 aliphatic heterocycles. The summed E-state index contributed by atoms with van der Waals surface area (Å²) in [4.78, 5) is 0. The maximum absolute atomic E-state index is 12.5. The van der Waals surface area contributed by atoms with E-state index in [2.05, 4.69) is 0 Å².